The number of aliphatic hydroxyl groups excluding tert-OH is 1. The van der Waals surface area contributed by atoms with Gasteiger partial charge in [-0.1, -0.05) is 41.9 Å². The van der Waals surface area contributed by atoms with Gasteiger partial charge in [-0.25, -0.2) is 9.97 Å². The third-order valence-corrected chi connectivity index (χ3v) is 6.10. The molecule has 1 fully saturated rings. The third-order valence-electron chi connectivity index (χ3n) is 5.77. The second-order valence-electron chi connectivity index (χ2n) is 8.04. The molecule has 1 saturated heterocycles. The molecule has 1 unspecified atom stereocenters. The van der Waals surface area contributed by atoms with Gasteiger partial charge in [0.2, 0.25) is 5.95 Å². The molecule has 33 heavy (non-hydrogen) atoms. The number of ether oxygens (including phenoxy) is 1. The van der Waals surface area contributed by atoms with Crippen molar-refractivity contribution in [3.05, 3.63) is 81.7 Å². The molecule has 0 bridgehead atoms. The zero-order valence-corrected chi connectivity index (χ0v) is 18.6. The zero-order chi connectivity index (χ0) is 22.8. The smallest absolute Gasteiger partial charge is 0.277 e. The Kier molecular flexibility index (Phi) is 6.09. The van der Waals surface area contributed by atoms with E-state index in [1.165, 1.54) is 0 Å². The van der Waals surface area contributed by atoms with Crippen molar-refractivity contribution in [1.29, 1.82) is 0 Å². The molecule has 0 radical (unpaired) electrons. The number of rotatable bonds is 6. The van der Waals surface area contributed by atoms with Crippen LogP contribution in [0.1, 0.15) is 18.4 Å². The van der Waals surface area contributed by atoms with Crippen LogP contribution in [0.2, 0.25) is 5.02 Å². The van der Waals surface area contributed by atoms with E-state index < -0.39 is 0 Å². The van der Waals surface area contributed by atoms with Crippen LogP contribution in [0.3, 0.4) is 0 Å². The predicted molar refractivity (Wildman–Crippen MR) is 129 cm³/mol. The number of anilines is 2. The molecule has 0 saturated carbocycles. The Morgan fingerprint density at radius 1 is 1.18 bits per heavy atom. The first-order valence-corrected chi connectivity index (χ1v) is 11.2. The van der Waals surface area contributed by atoms with E-state index in [1.807, 2.05) is 54.6 Å². The van der Waals surface area contributed by atoms with Crippen LogP contribution in [0.25, 0.3) is 22.2 Å². The van der Waals surface area contributed by atoms with E-state index in [0.717, 1.165) is 29.7 Å². The first kappa shape index (κ1) is 21.6. The number of aromatic nitrogens is 3. The fourth-order valence-electron chi connectivity index (χ4n) is 4.13. The monoisotopic (exact) mass is 462 g/mol. The largest absolute Gasteiger partial charge is 0.392 e. The van der Waals surface area contributed by atoms with Crippen LogP contribution in [0.15, 0.2) is 65.6 Å². The summed E-state index contributed by atoms with van der Waals surface area (Å²) in [4.78, 5) is 22.6. The third kappa shape index (κ3) is 4.48. The SMILES string of the molecule is O=c1c2nc(Nc3cccc(CO)c3)ncc2cc(-c2ccccc2Cl)n1CC1CCCO1. The Hall–Kier alpha value is -3.26. The summed E-state index contributed by atoms with van der Waals surface area (Å²) in [6.45, 7) is 1.07. The predicted octanol–water partition coefficient (Wildman–Crippen LogP) is 4.53. The van der Waals surface area contributed by atoms with Crippen molar-refractivity contribution in [2.75, 3.05) is 11.9 Å². The highest BCUT2D eigenvalue weighted by Gasteiger charge is 2.21. The molecule has 0 amide bonds. The van der Waals surface area contributed by atoms with E-state index in [9.17, 15) is 9.90 Å². The quantitative estimate of drug-likeness (QED) is 0.437. The molecular formula is C25H23ClN4O3. The van der Waals surface area contributed by atoms with Gasteiger partial charge in [0.15, 0.2) is 0 Å². The number of halogens is 1. The van der Waals surface area contributed by atoms with Crippen LogP contribution in [0, 0.1) is 0 Å². The van der Waals surface area contributed by atoms with Gasteiger partial charge in [-0.15, -0.1) is 0 Å². The van der Waals surface area contributed by atoms with Gasteiger partial charge < -0.3 is 19.7 Å². The molecule has 5 rings (SSSR count). The average Bonchev–Trinajstić information content (AvgIpc) is 3.35. The minimum atomic E-state index is -0.215. The number of nitrogens with zero attached hydrogens (tertiary/aromatic N) is 3. The number of nitrogens with one attached hydrogen (secondary N) is 1. The highest BCUT2D eigenvalue weighted by atomic mass is 35.5. The fraction of sp³-hybridized carbons (Fsp3) is 0.240. The zero-order valence-electron chi connectivity index (χ0n) is 17.9. The van der Waals surface area contributed by atoms with Gasteiger partial charge in [-0.3, -0.25) is 4.79 Å². The maximum Gasteiger partial charge on any atom is 0.277 e. The molecule has 2 N–H and O–H groups in total. The molecule has 7 nitrogen and oxygen atoms in total. The summed E-state index contributed by atoms with van der Waals surface area (Å²) in [7, 11) is 0. The molecule has 4 aromatic rings. The lowest BCUT2D eigenvalue weighted by Gasteiger charge is -2.18. The number of fused-ring (bicyclic) bond motifs is 1. The first-order chi connectivity index (χ1) is 16.1. The molecule has 0 aliphatic carbocycles. The number of hydrogen-bond donors (Lipinski definition) is 2. The Labute approximate surface area is 195 Å². The second kappa shape index (κ2) is 9.31. The summed E-state index contributed by atoms with van der Waals surface area (Å²) in [5, 5.41) is 13.7. The van der Waals surface area contributed by atoms with Gasteiger partial charge >= 0.3 is 0 Å². The number of aliphatic hydroxyl groups is 1. The van der Waals surface area contributed by atoms with Crippen molar-refractivity contribution in [3.63, 3.8) is 0 Å². The lowest BCUT2D eigenvalue weighted by atomic mass is 10.1. The van der Waals surface area contributed by atoms with Crippen molar-refractivity contribution in [2.24, 2.45) is 0 Å². The molecule has 168 valence electrons. The summed E-state index contributed by atoms with van der Waals surface area (Å²) < 4.78 is 7.52. The second-order valence-corrected chi connectivity index (χ2v) is 8.45. The molecule has 1 atom stereocenters. The minimum Gasteiger partial charge on any atom is -0.392 e. The van der Waals surface area contributed by atoms with E-state index in [1.54, 1.807) is 10.8 Å². The molecular weight excluding hydrogens is 440 g/mol. The molecule has 1 aliphatic rings. The lowest BCUT2D eigenvalue weighted by Crippen LogP contribution is -2.28. The lowest BCUT2D eigenvalue weighted by molar-refractivity contribution is 0.0967. The maximum atomic E-state index is 13.6. The normalized spacial score (nSPS) is 15.8. The van der Waals surface area contributed by atoms with Crippen molar-refractivity contribution in [3.8, 4) is 11.3 Å². The fourth-order valence-corrected chi connectivity index (χ4v) is 4.37. The van der Waals surface area contributed by atoms with E-state index in [-0.39, 0.29) is 18.3 Å². The van der Waals surface area contributed by atoms with Crippen LogP contribution < -0.4 is 10.9 Å². The highest BCUT2D eigenvalue weighted by Crippen LogP contribution is 2.30. The standard InChI is InChI=1S/C25H23ClN4O3/c26-21-9-2-1-8-20(21)22-12-17-13-27-25(28-18-6-3-5-16(11-18)15-31)29-23(17)24(32)30(22)14-19-7-4-10-33-19/h1-3,5-6,8-9,11-13,19,31H,4,7,10,14-15H2,(H,27,28,29). The van der Waals surface area contributed by atoms with Gasteiger partial charge in [0, 0.05) is 34.5 Å². The number of hydrogen-bond acceptors (Lipinski definition) is 6. The summed E-state index contributed by atoms with van der Waals surface area (Å²) in [6, 6.07) is 16.7. The average molecular weight is 463 g/mol. The summed E-state index contributed by atoms with van der Waals surface area (Å²) >= 11 is 6.49. The van der Waals surface area contributed by atoms with Crippen LogP contribution >= 0.6 is 11.6 Å². The molecule has 2 aromatic carbocycles. The summed E-state index contributed by atoms with van der Waals surface area (Å²) in [6.07, 6.45) is 3.50. The minimum absolute atomic E-state index is 0.0259. The Morgan fingerprint density at radius 2 is 2.06 bits per heavy atom. The van der Waals surface area contributed by atoms with Crippen molar-refractivity contribution < 1.29 is 9.84 Å². The highest BCUT2D eigenvalue weighted by molar-refractivity contribution is 6.33. The topological polar surface area (TPSA) is 89.3 Å². The van der Waals surface area contributed by atoms with E-state index >= 15 is 0 Å². The van der Waals surface area contributed by atoms with E-state index in [4.69, 9.17) is 16.3 Å². The Bertz CT molecular complexity index is 1370. The van der Waals surface area contributed by atoms with Gasteiger partial charge in [0.25, 0.3) is 5.56 Å². The molecule has 0 spiro atoms. The Balaban J connectivity index is 1.61. The molecule has 2 aromatic heterocycles. The molecule has 8 heteroatoms. The number of benzene rings is 2. The Morgan fingerprint density at radius 3 is 2.85 bits per heavy atom. The van der Waals surface area contributed by atoms with E-state index in [2.05, 4.69) is 15.3 Å². The van der Waals surface area contributed by atoms with Crippen LogP contribution in [-0.4, -0.2) is 32.4 Å². The van der Waals surface area contributed by atoms with E-state index in [0.29, 0.717) is 40.7 Å². The van der Waals surface area contributed by atoms with Crippen molar-refractivity contribution in [2.45, 2.75) is 32.1 Å². The van der Waals surface area contributed by atoms with Crippen molar-refractivity contribution in [1.82, 2.24) is 14.5 Å². The van der Waals surface area contributed by atoms with Gasteiger partial charge in [0.05, 0.1) is 24.9 Å². The van der Waals surface area contributed by atoms with Crippen LogP contribution in [0.5, 0.6) is 0 Å². The van der Waals surface area contributed by atoms with Crippen LogP contribution in [-0.2, 0) is 17.9 Å². The van der Waals surface area contributed by atoms with Gasteiger partial charge in [0.1, 0.15) is 5.52 Å². The van der Waals surface area contributed by atoms with Crippen molar-refractivity contribution >= 4 is 34.1 Å². The van der Waals surface area contributed by atoms with Crippen LogP contribution in [0.4, 0.5) is 11.6 Å². The first-order valence-electron chi connectivity index (χ1n) is 10.9. The van der Waals surface area contributed by atoms with Gasteiger partial charge in [-0.05, 0) is 42.7 Å². The number of pyridine rings is 1. The molecule has 1 aliphatic heterocycles. The summed E-state index contributed by atoms with van der Waals surface area (Å²) in [5.74, 6) is 0.309. The molecule has 3 heterocycles. The summed E-state index contributed by atoms with van der Waals surface area (Å²) in [5.41, 5.74) is 3.09. The van der Waals surface area contributed by atoms with Gasteiger partial charge in [-0.2, -0.15) is 0 Å². The maximum absolute atomic E-state index is 13.6.